The van der Waals surface area contributed by atoms with Crippen molar-refractivity contribution in [3.63, 3.8) is 0 Å². The molecule has 0 aliphatic heterocycles. The van der Waals surface area contributed by atoms with Gasteiger partial charge >= 0.3 is 0 Å². The largest absolute Gasteiger partial charge is 0.302 e. The maximum Gasteiger partial charge on any atom is 0.0638 e. The Labute approximate surface area is 98.6 Å². The lowest BCUT2D eigenvalue weighted by Gasteiger charge is -2.40. The zero-order chi connectivity index (χ0) is 12.3. The van der Waals surface area contributed by atoms with E-state index in [1.54, 1.807) is 0 Å². The molecule has 90 valence electrons. The molecule has 0 saturated carbocycles. The van der Waals surface area contributed by atoms with E-state index in [-0.39, 0.29) is 11.6 Å². The quantitative estimate of drug-likeness (QED) is 0.602. The molecule has 0 fully saturated rings. The summed E-state index contributed by atoms with van der Waals surface area (Å²) >= 11 is 0. The Morgan fingerprint density at radius 1 is 1.19 bits per heavy atom. The maximum absolute atomic E-state index is 5.69. The Morgan fingerprint density at radius 3 is 2.06 bits per heavy atom. The molecule has 0 bridgehead atoms. The van der Waals surface area contributed by atoms with Gasteiger partial charge in [-0.3, -0.25) is 11.3 Å². The second-order valence-electron chi connectivity index (χ2n) is 5.06. The van der Waals surface area contributed by atoms with E-state index in [4.69, 9.17) is 5.84 Å². The number of hydrazine groups is 1. The highest BCUT2D eigenvalue weighted by Crippen LogP contribution is 2.28. The summed E-state index contributed by atoms with van der Waals surface area (Å²) in [4.78, 5) is 2.18. The van der Waals surface area contributed by atoms with Gasteiger partial charge in [0.1, 0.15) is 0 Å². The van der Waals surface area contributed by atoms with Gasteiger partial charge in [0, 0.05) is 5.54 Å². The third-order valence-electron chi connectivity index (χ3n) is 3.44. The first-order valence-electron chi connectivity index (χ1n) is 5.59. The highest BCUT2D eigenvalue weighted by atomic mass is 15.3. The standard InChI is InChI=1S/C13H23N3/c1-10-6-8-11(9-7-10)12(15-14)13(2,3)16(4)5/h6-9,12,15H,14H2,1-5H3. The summed E-state index contributed by atoms with van der Waals surface area (Å²) in [5.74, 6) is 5.69. The summed E-state index contributed by atoms with van der Waals surface area (Å²) in [7, 11) is 4.14. The molecule has 0 heterocycles. The lowest BCUT2D eigenvalue weighted by molar-refractivity contribution is 0.138. The molecule has 0 aromatic heterocycles. The SMILES string of the molecule is Cc1ccc(C(NN)C(C)(C)N(C)C)cc1. The zero-order valence-corrected chi connectivity index (χ0v) is 10.9. The molecule has 0 saturated heterocycles. The van der Waals surface area contributed by atoms with E-state index >= 15 is 0 Å². The van der Waals surface area contributed by atoms with Crippen molar-refractivity contribution in [1.82, 2.24) is 10.3 Å². The van der Waals surface area contributed by atoms with Crippen molar-refractivity contribution in [1.29, 1.82) is 0 Å². The molecule has 16 heavy (non-hydrogen) atoms. The topological polar surface area (TPSA) is 41.3 Å². The van der Waals surface area contributed by atoms with Crippen LogP contribution in [0.4, 0.5) is 0 Å². The number of hydrogen-bond donors (Lipinski definition) is 2. The van der Waals surface area contributed by atoms with Crippen LogP contribution < -0.4 is 11.3 Å². The van der Waals surface area contributed by atoms with Crippen LogP contribution in [0.3, 0.4) is 0 Å². The third kappa shape index (κ3) is 2.61. The normalized spacial score (nSPS) is 14.2. The summed E-state index contributed by atoms with van der Waals surface area (Å²) in [5, 5.41) is 0. The molecule has 1 aromatic carbocycles. The third-order valence-corrected chi connectivity index (χ3v) is 3.44. The van der Waals surface area contributed by atoms with Gasteiger partial charge in [-0.15, -0.1) is 0 Å². The summed E-state index contributed by atoms with van der Waals surface area (Å²) < 4.78 is 0. The van der Waals surface area contributed by atoms with E-state index < -0.39 is 0 Å². The number of benzene rings is 1. The van der Waals surface area contributed by atoms with E-state index in [9.17, 15) is 0 Å². The van der Waals surface area contributed by atoms with Crippen molar-refractivity contribution in [2.45, 2.75) is 32.4 Å². The number of likely N-dealkylation sites (N-methyl/N-ethyl adjacent to an activating group) is 1. The smallest absolute Gasteiger partial charge is 0.0638 e. The minimum absolute atomic E-state index is 0.0377. The van der Waals surface area contributed by atoms with Gasteiger partial charge in [0.15, 0.2) is 0 Å². The Kier molecular flexibility index (Phi) is 4.08. The van der Waals surface area contributed by atoms with E-state index in [1.165, 1.54) is 11.1 Å². The first kappa shape index (κ1) is 13.2. The van der Waals surface area contributed by atoms with Crippen LogP contribution >= 0.6 is 0 Å². The van der Waals surface area contributed by atoms with Gasteiger partial charge in [-0.1, -0.05) is 29.8 Å². The fourth-order valence-electron chi connectivity index (χ4n) is 1.73. The lowest BCUT2D eigenvalue weighted by Crippen LogP contribution is -2.51. The van der Waals surface area contributed by atoms with Gasteiger partial charge in [-0.2, -0.15) is 0 Å². The minimum Gasteiger partial charge on any atom is -0.302 e. The van der Waals surface area contributed by atoms with Crippen LogP contribution in [-0.4, -0.2) is 24.5 Å². The highest BCUT2D eigenvalue weighted by Gasteiger charge is 2.31. The van der Waals surface area contributed by atoms with Crippen molar-refractivity contribution in [3.05, 3.63) is 35.4 Å². The first-order chi connectivity index (χ1) is 7.39. The Balaban J connectivity index is 3.03. The van der Waals surface area contributed by atoms with E-state index in [1.807, 2.05) is 0 Å². The number of nitrogens with one attached hydrogen (secondary N) is 1. The average molecular weight is 221 g/mol. The van der Waals surface area contributed by atoms with Crippen molar-refractivity contribution in [3.8, 4) is 0 Å². The van der Waals surface area contributed by atoms with Gasteiger partial charge in [-0.05, 0) is 40.4 Å². The molecule has 3 heteroatoms. The van der Waals surface area contributed by atoms with Crippen LogP contribution in [0, 0.1) is 6.92 Å². The Hall–Kier alpha value is -0.900. The Bertz CT molecular complexity index is 328. The molecule has 0 radical (unpaired) electrons. The number of hydrogen-bond acceptors (Lipinski definition) is 3. The maximum atomic E-state index is 5.69. The average Bonchev–Trinajstić information content (AvgIpc) is 2.21. The fraction of sp³-hybridized carbons (Fsp3) is 0.538. The first-order valence-corrected chi connectivity index (χ1v) is 5.59. The van der Waals surface area contributed by atoms with Gasteiger partial charge < -0.3 is 4.90 Å². The van der Waals surface area contributed by atoms with Gasteiger partial charge in [0.05, 0.1) is 6.04 Å². The fourth-order valence-corrected chi connectivity index (χ4v) is 1.73. The van der Waals surface area contributed by atoms with E-state index in [2.05, 4.69) is 69.5 Å². The van der Waals surface area contributed by atoms with E-state index in [0.29, 0.717) is 0 Å². The Morgan fingerprint density at radius 2 is 1.69 bits per heavy atom. The monoisotopic (exact) mass is 221 g/mol. The van der Waals surface area contributed by atoms with Crippen LogP contribution in [0.5, 0.6) is 0 Å². The predicted octanol–water partition coefficient (Wildman–Crippen LogP) is 1.84. The van der Waals surface area contributed by atoms with Gasteiger partial charge in [0.25, 0.3) is 0 Å². The molecule has 1 aromatic rings. The van der Waals surface area contributed by atoms with Crippen LogP contribution in [0.1, 0.15) is 31.0 Å². The summed E-state index contributed by atoms with van der Waals surface area (Å²) in [6.07, 6.45) is 0. The second kappa shape index (κ2) is 4.95. The molecule has 1 atom stereocenters. The molecule has 1 rings (SSSR count). The second-order valence-corrected chi connectivity index (χ2v) is 5.06. The summed E-state index contributed by atoms with van der Waals surface area (Å²) in [6, 6.07) is 8.61. The van der Waals surface area contributed by atoms with Crippen LogP contribution in [0.25, 0.3) is 0 Å². The number of aryl methyl sites for hydroxylation is 1. The van der Waals surface area contributed by atoms with Crippen molar-refractivity contribution in [2.75, 3.05) is 14.1 Å². The summed E-state index contributed by atoms with van der Waals surface area (Å²) in [6.45, 7) is 6.44. The van der Waals surface area contributed by atoms with Crippen molar-refractivity contribution >= 4 is 0 Å². The van der Waals surface area contributed by atoms with Gasteiger partial charge in [-0.25, -0.2) is 0 Å². The van der Waals surface area contributed by atoms with E-state index in [0.717, 1.165) is 0 Å². The molecule has 1 unspecified atom stereocenters. The predicted molar refractivity (Wildman–Crippen MR) is 69.0 cm³/mol. The number of nitrogens with zero attached hydrogens (tertiary/aromatic N) is 1. The highest BCUT2D eigenvalue weighted by molar-refractivity contribution is 5.26. The molecule has 0 spiro atoms. The van der Waals surface area contributed by atoms with Crippen molar-refractivity contribution < 1.29 is 0 Å². The molecule has 0 aliphatic carbocycles. The zero-order valence-electron chi connectivity index (χ0n) is 10.9. The molecule has 3 N–H and O–H groups in total. The van der Waals surface area contributed by atoms with Gasteiger partial charge in [0.2, 0.25) is 0 Å². The van der Waals surface area contributed by atoms with Crippen LogP contribution in [0.15, 0.2) is 24.3 Å². The molecule has 0 aliphatic rings. The molecular formula is C13H23N3. The number of nitrogens with two attached hydrogens (primary N) is 1. The molecule has 0 amide bonds. The lowest BCUT2D eigenvalue weighted by atomic mass is 9.88. The minimum atomic E-state index is -0.0377. The number of rotatable bonds is 4. The molecule has 3 nitrogen and oxygen atoms in total. The van der Waals surface area contributed by atoms with Crippen LogP contribution in [-0.2, 0) is 0 Å². The summed E-state index contributed by atoms with van der Waals surface area (Å²) in [5.41, 5.74) is 5.36. The molecular weight excluding hydrogens is 198 g/mol. The van der Waals surface area contributed by atoms with Crippen LogP contribution in [0.2, 0.25) is 0 Å². The van der Waals surface area contributed by atoms with Crippen molar-refractivity contribution in [2.24, 2.45) is 5.84 Å².